The highest BCUT2D eigenvalue weighted by molar-refractivity contribution is 5.82. The number of hydrogen-bond donors (Lipinski definition) is 1. The maximum atomic E-state index is 10.8. The van der Waals surface area contributed by atoms with Gasteiger partial charge in [-0.15, -0.1) is 0 Å². The van der Waals surface area contributed by atoms with Gasteiger partial charge in [0.15, 0.2) is 0 Å². The zero-order valence-corrected chi connectivity index (χ0v) is 11.8. The molecule has 2 aromatic rings. The van der Waals surface area contributed by atoms with E-state index >= 15 is 0 Å². The molecule has 2 unspecified atom stereocenters. The zero-order chi connectivity index (χ0) is 13.5. The van der Waals surface area contributed by atoms with E-state index in [4.69, 9.17) is 5.10 Å². The summed E-state index contributed by atoms with van der Waals surface area (Å²) in [5.41, 5.74) is 1.67. The second-order valence-electron chi connectivity index (χ2n) is 5.85. The van der Waals surface area contributed by atoms with E-state index in [1.165, 1.54) is 10.9 Å². The van der Waals surface area contributed by atoms with E-state index < -0.39 is 5.60 Å². The number of hydrogen-bond acceptors (Lipinski definition) is 2. The topological polar surface area (TPSA) is 38.0 Å². The van der Waals surface area contributed by atoms with Gasteiger partial charge in [0, 0.05) is 18.4 Å². The number of fused-ring (bicyclic) bond motifs is 1. The molecule has 1 heterocycles. The van der Waals surface area contributed by atoms with Gasteiger partial charge in [-0.1, -0.05) is 31.5 Å². The van der Waals surface area contributed by atoms with Crippen LogP contribution in [0, 0.1) is 5.92 Å². The van der Waals surface area contributed by atoms with Crippen molar-refractivity contribution in [2.45, 2.75) is 51.7 Å². The van der Waals surface area contributed by atoms with Crippen LogP contribution in [0.5, 0.6) is 0 Å². The largest absolute Gasteiger partial charge is 0.389 e. The molecule has 1 aromatic carbocycles. The molecule has 0 radical (unpaired) electrons. The van der Waals surface area contributed by atoms with Gasteiger partial charge < -0.3 is 5.11 Å². The molecule has 0 amide bonds. The molecule has 19 heavy (non-hydrogen) atoms. The molecule has 1 saturated carbocycles. The van der Waals surface area contributed by atoms with E-state index in [1.54, 1.807) is 0 Å². The highest BCUT2D eigenvalue weighted by Crippen LogP contribution is 2.38. The van der Waals surface area contributed by atoms with Gasteiger partial charge in [-0.2, -0.15) is 5.10 Å². The Hall–Kier alpha value is -1.35. The Morgan fingerprint density at radius 2 is 2.21 bits per heavy atom. The van der Waals surface area contributed by atoms with Crippen LogP contribution in [-0.4, -0.2) is 20.5 Å². The van der Waals surface area contributed by atoms with Crippen LogP contribution in [0.3, 0.4) is 0 Å². The van der Waals surface area contributed by atoms with Crippen LogP contribution in [0.25, 0.3) is 10.9 Å². The third kappa shape index (κ3) is 2.06. The van der Waals surface area contributed by atoms with Crippen LogP contribution in [0.15, 0.2) is 24.3 Å². The standard InChI is InChI=1S/C16H22N2O/c1-3-18-15-9-5-4-8-13(15)14(17-18)11-16(19)10-6-7-12(16)2/h4-5,8-9,12,19H,3,6-7,10-11H2,1-2H3. The van der Waals surface area contributed by atoms with Gasteiger partial charge in [0.2, 0.25) is 0 Å². The predicted octanol–water partition coefficient (Wildman–Crippen LogP) is 3.15. The predicted molar refractivity (Wildman–Crippen MR) is 77.1 cm³/mol. The monoisotopic (exact) mass is 258 g/mol. The lowest BCUT2D eigenvalue weighted by Crippen LogP contribution is -2.34. The second kappa shape index (κ2) is 4.64. The summed E-state index contributed by atoms with van der Waals surface area (Å²) in [4.78, 5) is 0. The maximum Gasteiger partial charge on any atom is 0.0732 e. The van der Waals surface area contributed by atoms with E-state index in [2.05, 4.69) is 32.0 Å². The molecule has 3 nitrogen and oxygen atoms in total. The highest BCUT2D eigenvalue weighted by atomic mass is 16.3. The number of benzene rings is 1. The van der Waals surface area contributed by atoms with E-state index in [0.29, 0.717) is 12.3 Å². The van der Waals surface area contributed by atoms with Gasteiger partial charge in [0.1, 0.15) is 0 Å². The summed E-state index contributed by atoms with van der Waals surface area (Å²) in [6.07, 6.45) is 3.84. The van der Waals surface area contributed by atoms with Crippen molar-refractivity contribution in [2.75, 3.05) is 0 Å². The minimum Gasteiger partial charge on any atom is -0.389 e. The first-order valence-electron chi connectivity index (χ1n) is 7.31. The molecule has 1 aliphatic carbocycles. The fraction of sp³-hybridized carbons (Fsp3) is 0.562. The molecule has 1 N–H and O–H groups in total. The average Bonchev–Trinajstić information content (AvgIpc) is 2.92. The number of aromatic nitrogens is 2. The van der Waals surface area contributed by atoms with E-state index in [9.17, 15) is 5.11 Å². The van der Waals surface area contributed by atoms with Crippen molar-refractivity contribution in [1.82, 2.24) is 9.78 Å². The van der Waals surface area contributed by atoms with Crippen molar-refractivity contribution in [3.8, 4) is 0 Å². The number of nitrogens with zero attached hydrogens (tertiary/aromatic N) is 2. The quantitative estimate of drug-likeness (QED) is 0.918. The zero-order valence-electron chi connectivity index (χ0n) is 11.8. The van der Waals surface area contributed by atoms with Crippen molar-refractivity contribution in [1.29, 1.82) is 0 Å². The summed E-state index contributed by atoms with van der Waals surface area (Å²) >= 11 is 0. The molecular formula is C16H22N2O. The van der Waals surface area contributed by atoms with Crippen molar-refractivity contribution in [3.05, 3.63) is 30.0 Å². The van der Waals surface area contributed by atoms with Crippen LogP contribution >= 0.6 is 0 Å². The summed E-state index contributed by atoms with van der Waals surface area (Å²) in [7, 11) is 0. The van der Waals surface area contributed by atoms with Crippen LogP contribution in [0.2, 0.25) is 0 Å². The first kappa shape index (κ1) is 12.7. The Kier molecular flexibility index (Phi) is 3.09. The van der Waals surface area contributed by atoms with Crippen LogP contribution < -0.4 is 0 Å². The lowest BCUT2D eigenvalue weighted by Gasteiger charge is -2.26. The molecule has 1 aromatic heterocycles. The van der Waals surface area contributed by atoms with Crippen LogP contribution in [-0.2, 0) is 13.0 Å². The maximum absolute atomic E-state index is 10.8. The van der Waals surface area contributed by atoms with Gasteiger partial charge in [0.05, 0.1) is 16.8 Å². The first-order chi connectivity index (χ1) is 9.14. The molecule has 0 bridgehead atoms. The van der Waals surface area contributed by atoms with Gasteiger partial charge >= 0.3 is 0 Å². The Labute approximate surface area is 114 Å². The molecule has 0 aliphatic heterocycles. The first-order valence-corrected chi connectivity index (χ1v) is 7.31. The molecule has 2 atom stereocenters. The molecular weight excluding hydrogens is 236 g/mol. The summed E-state index contributed by atoms with van der Waals surface area (Å²) < 4.78 is 2.04. The summed E-state index contributed by atoms with van der Waals surface area (Å²) in [6.45, 7) is 5.14. The summed E-state index contributed by atoms with van der Waals surface area (Å²) in [6, 6.07) is 8.33. The normalized spacial score (nSPS) is 27.2. The van der Waals surface area contributed by atoms with Crippen LogP contribution in [0.1, 0.15) is 38.8 Å². The van der Waals surface area contributed by atoms with Crippen LogP contribution in [0.4, 0.5) is 0 Å². The molecule has 3 rings (SSSR count). The second-order valence-corrected chi connectivity index (χ2v) is 5.85. The summed E-state index contributed by atoms with van der Waals surface area (Å²) in [5, 5.41) is 16.7. The van der Waals surface area contributed by atoms with E-state index in [1.807, 2.05) is 10.7 Å². The fourth-order valence-electron chi connectivity index (χ4n) is 3.35. The lowest BCUT2D eigenvalue weighted by molar-refractivity contribution is 0.00888. The number of aliphatic hydroxyl groups is 1. The fourth-order valence-corrected chi connectivity index (χ4v) is 3.35. The number of aryl methyl sites for hydroxylation is 1. The number of rotatable bonds is 3. The molecule has 102 valence electrons. The summed E-state index contributed by atoms with van der Waals surface area (Å²) in [5.74, 6) is 0.373. The highest BCUT2D eigenvalue weighted by Gasteiger charge is 2.39. The lowest BCUT2D eigenvalue weighted by atomic mass is 9.87. The minimum atomic E-state index is -0.560. The molecule has 3 heteroatoms. The average molecular weight is 258 g/mol. The Balaban J connectivity index is 2.01. The minimum absolute atomic E-state index is 0.373. The van der Waals surface area contributed by atoms with Crippen molar-refractivity contribution in [2.24, 2.45) is 5.92 Å². The van der Waals surface area contributed by atoms with Gasteiger partial charge in [0.25, 0.3) is 0 Å². The SMILES string of the molecule is CCn1nc(CC2(O)CCCC2C)c2ccccc21. The Bertz CT molecular complexity index is 589. The van der Waals surface area contributed by atoms with Crippen molar-refractivity contribution < 1.29 is 5.11 Å². The number of para-hydroxylation sites is 1. The van der Waals surface area contributed by atoms with Gasteiger partial charge in [-0.25, -0.2) is 0 Å². The molecule has 1 aliphatic rings. The molecule has 1 fully saturated rings. The molecule has 0 spiro atoms. The third-order valence-electron chi connectivity index (χ3n) is 4.67. The van der Waals surface area contributed by atoms with E-state index in [-0.39, 0.29) is 0 Å². The van der Waals surface area contributed by atoms with Crippen molar-refractivity contribution in [3.63, 3.8) is 0 Å². The van der Waals surface area contributed by atoms with Crippen molar-refractivity contribution >= 4 is 10.9 Å². The van der Waals surface area contributed by atoms with Gasteiger partial charge in [-0.05, 0) is 31.7 Å². The van der Waals surface area contributed by atoms with E-state index in [0.717, 1.165) is 31.5 Å². The third-order valence-corrected chi connectivity index (χ3v) is 4.67. The smallest absolute Gasteiger partial charge is 0.0732 e. The Morgan fingerprint density at radius 1 is 1.42 bits per heavy atom. The van der Waals surface area contributed by atoms with Gasteiger partial charge in [-0.3, -0.25) is 4.68 Å². The molecule has 0 saturated heterocycles. The Morgan fingerprint density at radius 3 is 2.89 bits per heavy atom.